The lowest BCUT2D eigenvalue weighted by atomic mass is 10.1. The Hall–Kier alpha value is -1.75. The van der Waals surface area contributed by atoms with Crippen LogP contribution >= 0.6 is 0 Å². The van der Waals surface area contributed by atoms with Gasteiger partial charge in [-0.25, -0.2) is 4.79 Å². The second kappa shape index (κ2) is 3.55. The number of benzene rings is 1. The van der Waals surface area contributed by atoms with Gasteiger partial charge in [-0.1, -0.05) is 12.1 Å². The van der Waals surface area contributed by atoms with E-state index in [9.17, 15) is 4.79 Å². The van der Waals surface area contributed by atoms with Gasteiger partial charge in [-0.2, -0.15) is 5.48 Å². The number of carbonyl (C=O) groups is 1. The minimum atomic E-state index is -0.602. The minimum Gasteiger partial charge on any atom is -0.508 e. The molecule has 1 saturated heterocycles. The van der Waals surface area contributed by atoms with Gasteiger partial charge >= 0.3 is 6.09 Å². The SMILES string of the molecule is O=C1NOCC(c2ccc(O)cc2)O1. The predicted molar refractivity (Wildman–Crippen MR) is 46.4 cm³/mol. The van der Waals surface area contributed by atoms with Crippen LogP contribution in [0.25, 0.3) is 0 Å². The normalized spacial score (nSPS) is 21.1. The Kier molecular flexibility index (Phi) is 2.24. The summed E-state index contributed by atoms with van der Waals surface area (Å²) in [7, 11) is 0. The Labute approximate surface area is 80.2 Å². The van der Waals surface area contributed by atoms with Gasteiger partial charge in [0.2, 0.25) is 0 Å². The Balaban J connectivity index is 2.14. The second-order valence-corrected chi connectivity index (χ2v) is 2.90. The molecule has 1 unspecified atom stereocenters. The van der Waals surface area contributed by atoms with E-state index in [-0.39, 0.29) is 12.4 Å². The highest BCUT2D eigenvalue weighted by molar-refractivity contribution is 5.66. The number of hydroxylamine groups is 1. The monoisotopic (exact) mass is 195 g/mol. The first-order valence-electron chi connectivity index (χ1n) is 4.13. The van der Waals surface area contributed by atoms with E-state index in [0.717, 1.165) is 5.56 Å². The number of hydrogen-bond donors (Lipinski definition) is 2. The minimum absolute atomic E-state index is 0.176. The quantitative estimate of drug-likeness (QED) is 0.704. The first-order chi connectivity index (χ1) is 6.75. The van der Waals surface area contributed by atoms with Crippen molar-refractivity contribution in [1.82, 2.24) is 5.48 Å². The summed E-state index contributed by atoms with van der Waals surface area (Å²) < 4.78 is 4.96. The molecule has 1 heterocycles. The molecule has 1 aromatic rings. The lowest BCUT2D eigenvalue weighted by Gasteiger charge is -2.22. The number of rotatable bonds is 1. The standard InChI is InChI=1S/C9H9NO4/c11-7-3-1-6(2-4-7)8-5-13-10-9(12)14-8/h1-4,8,11H,5H2,(H,10,12). The Morgan fingerprint density at radius 2 is 2.07 bits per heavy atom. The van der Waals surface area contributed by atoms with Crippen LogP contribution in [0.4, 0.5) is 4.79 Å². The van der Waals surface area contributed by atoms with Crippen molar-refractivity contribution in [3.8, 4) is 5.75 Å². The van der Waals surface area contributed by atoms with Gasteiger partial charge in [0.1, 0.15) is 12.4 Å². The highest BCUT2D eigenvalue weighted by Gasteiger charge is 2.22. The molecule has 0 bridgehead atoms. The molecule has 5 nitrogen and oxygen atoms in total. The number of ether oxygens (including phenoxy) is 1. The number of phenols is 1. The van der Waals surface area contributed by atoms with Crippen molar-refractivity contribution in [3.05, 3.63) is 29.8 Å². The van der Waals surface area contributed by atoms with Crippen molar-refractivity contribution < 1.29 is 19.5 Å². The first kappa shape index (κ1) is 8.83. The summed E-state index contributed by atoms with van der Waals surface area (Å²) in [5.74, 6) is 0.176. The molecular weight excluding hydrogens is 186 g/mol. The van der Waals surface area contributed by atoms with Gasteiger partial charge in [-0.15, -0.1) is 0 Å². The van der Waals surface area contributed by atoms with Crippen LogP contribution in [0, 0.1) is 0 Å². The molecule has 0 radical (unpaired) electrons. The zero-order chi connectivity index (χ0) is 9.97. The Bertz CT molecular complexity index is 335. The van der Waals surface area contributed by atoms with Crippen molar-refractivity contribution in [3.63, 3.8) is 0 Å². The van der Waals surface area contributed by atoms with Crippen molar-refractivity contribution in [2.45, 2.75) is 6.10 Å². The van der Waals surface area contributed by atoms with E-state index < -0.39 is 12.2 Å². The summed E-state index contributed by atoms with van der Waals surface area (Å²) in [5.41, 5.74) is 2.87. The van der Waals surface area contributed by atoms with Crippen LogP contribution in [-0.4, -0.2) is 17.8 Å². The third kappa shape index (κ3) is 1.77. The Morgan fingerprint density at radius 3 is 2.71 bits per heavy atom. The molecule has 0 aliphatic carbocycles. The molecule has 1 fully saturated rings. The van der Waals surface area contributed by atoms with Crippen LogP contribution in [0.5, 0.6) is 5.75 Å². The molecule has 0 spiro atoms. The van der Waals surface area contributed by atoms with Crippen LogP contribution in [0.15, 0.2) is 24.3 Å². The first-order valence-corrected chi connectivity index (χ1v) is 4.13. The van der Waals surface area contributed by atoms with Gasteiger partial charge in [0.15, 0.2) is 6.10 Å². The number of nitrogens with one attached hydrogen (secondary N) is 1. The van der Waals surface area contributed by atoms with Crippen LogP contribution in [0.2, 0.25) is 0 Å². The maximum absolute atomic E-state index is 10.8. The van der Waals surface area contributed by atoms with Gasteiger partial charge in [-0.05, 0) is 17.7 Å². The average Bonchev–Trinajstić information content (AvgIpc) is 2.19. The van der Waals surface area contributed by atoms with E-state index in [1.165, 1.54) is 12.1 Å². The van der Waals surface area contributed by atoms with Crippen molar-refractivity contribution in [1.29, 1.82) is 0 Å². The van der Waals surface area contributed by atoms with E-state index in [4.69, 9.17) is 14.7 Å². The smallest absolute Gasteiger partial charge is 0.432 e. The van der Waals surface area contributed by atoms with Crippen LogP contribution < -0.4 is 5.48 Å². The van der Waals surface area contributed by atoms with Gasteiger partial charge in [0.25, 0.3) is 0 Å². The molecular formula is C9H9NO4. The molecule has 0 saturated carbocycles. The van der Waals surface area contributed by atoms with E-state index in [1.807, 2.05) is 0 Å². The summed E-state index contributed by atoms with van der Waals surface area (Å²) in [5, 5.41) is 9.06. The number of carbonyl (C=O) groups excluding carboxylic acids is 1. The van der Waals surface area contributed by atoms with E-state index >= 15 is 0 Å². The highest BCUT2D eigenvalue weighted by atomic mass is 16.7. The summed E-state index contributed by atoms with van der Waals surface area (Å²) in [6.45, 7) is 0.260. The number of hydrogen-bond acceptors (Lipinski definition) is 4. The molecule has 14 heavy (non-hydrogen) atoms. The third-order valence-corrected chi connectivity index (χ3v) is 1.90. The number of cyclic esters (lactones) is 1. The van der Waals surface area contributed by atoms with E-state index in [1.54, 1.807) is 12.1 Å². The third-order valence-electron chi connectivity index (χ3n) is 1.90. The predicted octanol–water partition coefficient (Wildman–Crippen LogP) is 1.10. The highest BCUT2D eigenvalue weighted by Crippen LogP contribution is 2.22. The molecule has 1 aliphatic heterocycles. The topological polar surface area (TPSA) is 67.8 Å². The van der Waals surface area contributed by atoms with Gasteiger partial charge in [-0.3, -0.25) is 4.84 Å². The fourth-order valence-corrected chi connectivity index (χ4v) is 1.22. The maximum atomic E-state index is 10.8. The van der Waals surface area contributed by atoms with Crippen LogP contribution in [0.1, 0.15) is 11.7 Å². The van der Waals surface area contributed by atoms with Crippen LogP contribution in [-0.2, 0) is 9.57 Å². The van der Waals surface area contributed by atoms with E-state index in [2.05, 4.69) is 5.48 Å². The molecule has 2 rings (SSSR count). The number of phenolic OH excluding ortho intramolecular Hbond substituents is 1. The zero-order valence-corrected chi connectivity index (χ0v) is 7.27. The average molecular weight is 195 g/mol. The van der Waals surface area contributed by atoms with Crippen molar-refractivity contribution >= 4 is 6.09 Å². The van der Waals surface area contributed by atoms with Crippen molar-refractivity contribution in [2.24, 2.45) is 0 Å². The molecule has 1 amide bonds. The largest absolute Gasteiger partial charge is 0.508 e. The lowest BCUT2D eigenvalue weighted by molar-refractivity contribution is -0.0744. The zero-order valence-electron chi connectivity index (χ0n) is 7.27. The summed E-state index contributed by atoms with van der Waals surface area (Å²) in [6.07, 6.45) is -1.02. The Morgan fingerprint density at radius 1 is 1.36 bits per heavy atom. The molecule has 74 valence electrons. The molecule has 2 N–H and O–H groups in total. The maximum Gasteiger partial charge on any atom is 0.432 e. The van der Waals surface area contributed by atoms with Gasteiger partial charge in [0, 0.05) is 0 Å². The fourth-order valence-electron chi connectivity index (χ4n) is 1.22. The number of amides is 1. The summed E-state index contributed by atoms with van der Waals surface area (Å²) in [4.78, 5) is 15.6. The molecule has 0 aromatic heterocycles. The second-order valence-electron chi connectivity index (χ2n) is 2.90. The van der Waals surface area contributed by atoms with Gasteiger partial charge < -0.3 is 9.84 Å². The molecule has 1 aliphatic rings. The van der Waals surface area contributed by atoms with Crippen molar-refractivity contribution in [2.75, 3.05) is 6.61 Å². The van der Waals surface area contributed by atoms with Crippen LogP contribution in [0.3, 0.4) is 0 Å². The molecule has 5 heteroatoms. The summed E-state index contributed by atoms with van der Waals surface area (Å²) >= 11 is 0. The molecule has 1 aromatic carbocycles. The summed E-state index contributed by atoms with van der Waals surface area (Å²) in [6, 6.07) is 6.43. The van der Waals surface area contributed by atoms with E-state index in [0.29, 0.717) is 0 Å². The van der Waals surface area contributed by atoms with Gasteiger partial charge in [0.05, 0.1) is 0 Å². The number of aromatic hydroxyl groups is 1. The fraction of sp³-hybridized carbons (Fsp3) is 0.222. The lowest BCUT2D eigenvalue weighted by Crippen LogP contribution is -2.35. The molecule has 1 atom stereocenters.